The molecule has 0 bridgehead atoms. The van der Waals surface area contributed by atoms with E-state index in [1.54, 1.807) is 30.2 Å². The van der Waals surface area contributed by atoms with E-state index in [2.05, 4.69) is 25.3 Å². The van der Waals surface area contributed by atoms with Crippen LogP contribution in [0.2, 0.25) is 0 Å². The lowest BCUT2D eigenvalue weighted by Crippen LogP contribution is -2.03. The molecule has 4 aromatic rings. The van der Waals surface area contributed by atoms with Crippen LogP contribution in [-0.2, 0) is 0 Å². The average Bonchev–Trinajstić information content (AvgIpc) is 3.26. The van der Waals surface area contributed by atoms with E-state index in [4.69, 9.17) is 9.84 Å². The Labute approximate surface area is 187 Å². The Kier molecular flexibility index (Phi) is 6.73. The second kappa shape index (κ2) is 9.84. The van der Waals surface area contributed by atoms with Crippen molar-refractivity contribution in [1.29, 1.82) is 0 Å². The van der Waals surface area contributed by atoms with Gasteiger partial charge in [-0.15, -0.1) is 11.3 Å². The molecule has 0 saturated carbocycles. The van der Waals surface area contributed by atoms with Crippen LogP contribution in [0.3, 0.4) is 0 Å². The fraction of sp³-hybridized carbons (Fsp3) is 0.143. The summed E-state index contributed by atoms with van der Waals surface area (Å²) in [5, 5.41) is 25.1. The number of thiazole rings is 1. The second-order valence-electron chi connectivity index (χ2n) is 6.43. The molecule has 0 amide bonds. The van der Waals surface area contributed by atoms with Gasteiger partial charge in [-0.05, 0) is 30.7 Å². The number of anilines is 2. The normalized spacial score (nSPS) is 11.8. The van der Waals surface area contributed by atoms with Crippen LogP contribution in [0.1, 0.15) is 17.4 Å². The maximum absolute atomic E-state index is 9.78. The fourth-order valence-electron chi connectivity index (χ4n) is 2.55. The molecule has 0 radical (unpaired) electrons. The van der Waals surface area contributed by atoms with Crippen molar-refractivity contribution in [2.45, 2.75) is 22.9 Å². The van der Waals surface area contributed by atoms with Crippen LogP contribution in [-0.4, -0.2) is 36.8 Å². The van der Waals surface area contributed by atoms with E-state index < -0.39 is 12.7 Å². The van der Waals surface area contributed by atoms with Crippen molar-refractivity contribution in [2.75, 3.05) is 11.9 Å². The van der Waals surface area contributed by atoms with Gasteiger partial charge in [-0.25, -0.2) is 15.0 Å². The Morgan fingerprint density at radius 1 is 1.16 bits per heavy atom. The standard InChI is InChI=1S/C21H19N5O3S2/c1-13-5-7-22-10-18(13)29-17-8-14(31-19-4-2-3-6-23-19)9-24-20(17)26-21-25-15(12-30-21)16(28)11-27/h2-10,12,16,27-28H,11H2,1H3,(H,24,25,26). The van der Waals surface area contributed by atoms with E-state index in [-0.39, 0.29) is 0 Å². The molecule has 4 heterocycles. The van der Waals surface area contributed by atoms with Crippen molar-refractivity contribution in [1.82, 2.24) is 19.9 Å². The van der Waals surface area contributed by atoms with Crippen LogP contribution in [0, 0.1) is 6.92 Å². The van der Waals surface area contributed by atoms with Crippen LogP contribution in [0.25, 0.3) is 0 Å². The first-order valence-corrected chi connectivity index (χ1v) is 11.0. The van der Waals surface area contributed by atoms with Gasteiger partial charge >= 0.3 is 0 Å². The topological polar surface area (TPSA) is 113 Å². The van der Waals surface area contributed by atoms with Crippen LogP contribution < -0.4 is 10.1 Å². The highest BCUT2D eigenvalue weighted by atomic mass is 32.2. The van der Waals surface area contributed by atoms with Gasteiger partial charge in [-0.3, -0.25) is 4.98 Å². The largest absolute Gasteiger partial charge is 0.452 e. The number of aliphatic hydroxyl groups is 2. The zero-order chi connectivity index (χ0) is 21.6. The van der Waals surface area contributed by atoms with E-state index in [1.165, 1.54) is 23.1 Å². The summed E-state index contributed by atoms with van der Waals surface area (Å²) < 4.78 is 6.13. The third-order valence-corrected chi connectivity index (χ3v) is 5.85. The van der Waals surface area contributed by atoms with Crippen LogP contribution in [0.4, 0.5) is 10.9 Å². The van der Waals surface area contributed by atoms with Gasteiger partial charge < -0.3 is 20.3 Å². The first-order valence-electron chi connectivity index (χ1n) is 9.31. The van der Waals surface area contributed by atoms with Gasteiger partial charge in [0.25, 0.3) is 0 Å². The number of aliphatic hydroxyl groups excluding tert-OH is 2. The highest BCUT2D eigenvalue weighted by Gasteiger charge is 2.15. The molecule has 8 nitrogen and oxygen atoms in total. The first kappa shape index (κ1) is 21.2. The Morgan fingerprint density at radius 2 is 2.06 bits per heavy atom. The Bertz CT molecular complexity index is 1160. The predicted octanol–water partition coefficient (Wildman–Crippen LogP) is 4.35. The average molecular weight is 454 g/mol. The van der Waals surface area contributed by atoms with Crippen molar-refractivity contribution in [3.63, 3.8) is 0 Å². The third-order valence-electron chi connectivity index (χ3n) is 4.16. The van der Waals surface area contributed by atoms with Crippen molar-refractivity contribution < 1.29 is 14.9 Å². The van der Waals surface area contributed by atoms with Crippen molar-refractivity contribution in [3.8, 4) is 11.5 Å². The summed E-state index contributed by atoms with van der Waals surface area (Å²) in [6.45, 7) is 1.54. The third kappa shape index (κ3) is 5.36. The molecule has 4 rings (SSSR count). The number of hydrogen-bond acceptors (Lipinski definition) is 10. The monoisotopic (exact) mass is 453 g/mol. The number of nitrogens with one attached hydrogen (secondary N) is 1. The van der Waals surface area contributed by atoms with Gasteiger partial charge in [0.05, 0.1) is 18.5 Å². The van der Waals surface area contributed by atoms with Gasteiger partial charge in [-0.1, -0.05) is 17.8 Å². The van der Waals surface area contributed by atoms with Gasteiger partial charge in [0.2, 0.25) is 0 Å². The number of nitrogens with zero attached hydrogens (tertiary/aromatic N) is 4. The van der Waals surface area contributed by atoms with E-state index >= 15 is 0 Å². The number of pyridine rings is 3. The van der Waals surface area contributed by atoms with E-state index in [0.717, 1.165) is 15.5 Å². The SMILES string of the molecule is Cc1ccncc1Oc1cc(Sc2ccccn2)cnc1Nc1nc(C(O)CO)cs1. The lowest BCUT2D eigenvalue weighted by Gasteiger charge is -2.13. The molecule has 0 aliphatic heterocycles. The zero-order valence-corrected chi connectivity index (χ0v) is 18.1. The first-order chi connectivity index (χ1) is 15.1. The van der Waals surface area contributed by atoms with Gasteiger partial charge in [0.1, 0.15) is 16.9 Å². The molecule has 31 heavy (non-hydrogen) atoms. The summed E-state index contributed by atoms with van der Waals surface area (Å²) in [7, 11) is 0. The van der Waals surface area contributed by atoms with Gasteiger partial charge in [0, 0.05) is 34.9 Å². The summed E-state index contributed by atoms with van der Waals surface area (Å²) in [6, 6.07) is 9.46. The molecule has 0 aliphatic rings. The molecule has 0 fully saturated rings. The van der Waals surface area contributed by atoms with Crippen molar-refractivity contribution in [3.05, 3.63) is 71.8 Å². The molecule has 158 valence electrons. The van der Waals surface area contributed by atoms with E-state index in [1.807, 2.05) is 37.3 Å². The number of ether oxygens (including phenoxy) is 1. The molecular weight excluding hydrogens is 434 g/mol. The van der Waals surface area contributed by atoms with Crippen LogP contribution in [0.15, 0.2) is 70.4 Å². The number of aromatic nitrogens is 4. The molecule has 0 spiro atoms. The molecule has 0 aliphatic carbocycles. The Morgan fingerprint density at radius 3 is 2.84 bits per heavy atom. The molecule has 4 aromatic heterocycles. The minimum atomic E-state index is -1.02. The highest BCUT2D eigenvalue weighted by Crippen LogP contribution is 2.36. The fourth-order valence-corrected chi connectivity index (χ4v) is 4.08. The minimum absolute atomic E-state index is 0.392. The summed E-state index contributed by atoms with van der Waals surface area (Å²) in [5.41, 5.74) is 1.33. The summed E-state index contributed by atoms with van der Waals surface area (Å²) in [5.74, 6) is 1.58. The maximum Gasteiger partial charge on any atom is 0.188 e. The van der Waals surface area contributed by atoms with Gasteiger partial charge in [0.15, 0.2) is 16.7 Å². The van der Waals surface area contributed by atoms with Crippen LogP contribution in [0.5, 0.6) is 11.5 Å². The number of aryl methyl sites for hydroxylation is 1. The zero-order valence-electron chi connectivity index (χ0n) is 16.5. The molecule has 10 heteroatoms. The quantitative estimate of drug-likeness (QED) is 0.358. The summed E-state index contributed by atoms with van der Waals surface area (Å²) in [4.78, 5) is 18.2. The molecule has 1 atom stereocenters. The van der Waals surface area contributed by atoms with Crippen molar-refractivity contribution in [2.24, 2.45) is 0 Å². The maximum atomic E-state index is 9.78. The smallest absolute Gasteiger partial charge is 0.188 e. The minimum Gasteiger partial charge on any atom is -0.452 e. The van der Waals surface area contributed by atoms with E-state index in [9.17, 15) is 5.11 Å². The predicted molar refractivity (Wildman–Crippen MR) is 119 cm³/mol. The lowest BCUT2D eigenvalue weighted by atomic mass is 10.3. The van der Waals surface area contributed by atoms with E-state index in [0.29, 0.717) is 28.1 Å². The molecule has 0 aromatic carbocycles. The lowest BCUT2D eigenvalue weighted by molar-refractivity contribution is 0.0928. The van der Waals surface area contributed by atoms with Gasteiger partial charge in [-0.2, -0.15) is 0 Å². The Balaban J connectivity index is 1.64. The summed E-state index contributed by atoms with van der Waals surface area (Å²) >= 11 is 2.77. The van der Waals surface area contributed by atoms with Crippen LogP contribution >= 0.6 is 23.1 Å². The second-order valence-corrected chi connectivity index (χ2v) is 8.38. The number of hydrogen-bond donors (Lipinski definition) is 3. The highest BCUT2D eigenvalue weighted by molar-refractivity contribution is 7.99. The molecule has 3 N–H and O–H groups in total. The molecular formula is C21H19N5O3S2. The number of rotatable bonds is 8. The Hall–Kier alpha value is -3.05. The molecule has 1 unspecified atom stereocenters. The molecule has 0 saturated heterocycles. The summed E-state index contributed by atoms with van der Waals surface area (Å²) in [6.07, 6.45) is 5.79. The van der Waals surface area contributed by atoms with Crippen molar-refractivity contribution >= 4 is 34.0 Å².